The molecule has 0 bridgehead atoms. The van der Waals surface area contributed by atoms with Gasteiger partial charge in [-0.2, -0.15) is 11.8 Å². The standard InChI is InChI=1S/C10H23NO2S/c1-3-11-10(5-7-13)8-14-9(2)4-6-12/h9-13H,3-8H2,1-2H3. The van der Waals surface area contributed by atoms with E-state index in [9.17, 15) is 0 Å². The number of hydrogen-bond acceptors (Lipinski definition) is 4. The van der Waals surface area contributed by atoms with Crippen molar-refractivity contribution < 1.29 is 10.2 Å². The van der Waals surface area contributed by atoms with Crippen molar-refractivity contribution >= 4 is 11.8 Å². The third kappa shape index (κ3) is 7.62. The molecule has 2 unspecified atom stereocenters. The third-order valence-electron chi connectivity index (χ3n) is 2.09. The molecule has 3 nitrogen and oxygen atoms in total. The Balaban J connectivity index is 3.57. The topological polar surface area (TPSA) is 52.5 Å². The maximum atomic E-state index is 8.84. The van der Waals surface area contributed by atoms with E-state index in [-0.39, 0.29) is 13.2 Å². The molecule has 0 aliphatic carbocycles. The van der Waals surface area contributed by atoms with Crippen LogP contribution < -0.4 is 5.32 Å². The van der Waals surface area contributed by atoms with E-state index in [1.54, 1.807) is 0 Å². The molecule has 0 aliphatic rings. The Morgan fingerprint density at radius 1 is 1.21 bits per heavy atom. The van der Waals surface area contributed by atoms with Crippen molar-refractivity contribution in [3.05, 3.63) is 0 Å². The van der Waals surface area contributed by atoms with Crippen molar-refractivity contribution in [2.24, 2.45) is 0 Å². The highest BCUT2D eigenvalue weighted by molar-refractivity contribution is 7.99. The van der Waals surface area contributed by atoms with Crippen LogP contribution in [0, 0.1) is 0 Å². The van der Waals surface area contributed by atoms with Crippen molar-refractivity contribution in [3.8, 4) is 0 Å². The molecular formula is C10H23NO2S. The number of hydrogen-bond donors (Lipinski definition) is 3. The number of thioether (sulfide) groups is 1. The summed E-state index contributed by atoms with van der Waals surface area (Å²) >= 11 is 1.86. The monoisotopic (exact) mass is 221 g/mol. The zero-order valence-corrected chi connectivity index (χ0v) is 10.0. The maximum absolute atomic E-state index is 8.84. The predicted molar refractivity (Wildman–Crippen MR) is 62.8 cm³/mol. The lowest BCUT2D eigenvalue weighted by molar-refractivity contribution is 0.270. The Kier molecular flexibility index (Phi) is 9.93. The van der Waals surface area contributed by atoms with Crippen LogP contribution in [0.25, 0.3) is 0 Å². The number of nitrogens with one attached hydrogen (secondary N) is 1. The van der Waals surface area contributed by atoms with Gasteiger partial charge < -0.3 is 15.5 Å². The molecule has 0 fully saturated rings. The van der Waals surface area contributed by atoms with E-state index in [1.807, 2.05) is 11.8 Å². The van der Waals surface area contributed by atoms with E-state index in [0.29, 0.717) is 11.3 Å². The van der Waals surface area contributed by atoms with Gasteiger partial charge in [0.1, 0.15) is 0 Å². The van der Waals surface area contributed by atoms with E-state index >= 15 is 0 Å². The fraction of sp³-hybridized carbons (Fsp3) is 1.00. The van der Waals surface area contributed by atoms with Gasteiger partial charge >= 0.3 is 0 Å². The summed E-state index contributed by atoms with van der Waals surface area (Å²) in [6, 6.07) is 0.399. The van der Waals surface area contributed by atoms with Crippen LogP contribution in [0.1, 0.15) is 26.7 Å². The second kappa shape index (κ2) is 9.77. The van der Waals surface area contributed by atoms with Crippen LogP contribution in [-0.2, 0) is 0 Å². The van der Waals surface area contributed by atoms with Crippen molar-refractivity contribution in [3.63, 3.8) is 0 Å². The van der Waals surface area contributed by atoms with Gasteiger partial charge in [0.2, 0.25) is 0 Å². The van der Waals surface area contributed by atoms with E-state index < -0.39 is 0 Å². The molecule has 0 aromatic rings. The van der Waals surface area contributed by atoms with Crippen molar-refractivity contribution in [2.45, 2.75) is 38.0 Å². The highest BCUT2D eigenvalue weighted by atomic mass is 32.2. The summed E-state index contributed by atoms with van der Waals surface area (Å²) in [4.78, 5) is 0. The molecule has 0 rings (SSSR count). The molecule has 0 saturated heterocycles. The second-order valence-electron chi connectivity index (χ2n) is 3.42. The first-order chi connectivity index (χ1) is 6.74. The zero-order chi connectivity index (χ0) is 10.8. The first kappa shape index (κ1) is 14.2. The Morgan fingerprint density at radius 3 is 2.36 bits per heavy atom. The number of rotatable bonds is 9. The SMILES string of the molecule is CCNC(CCO)CSC(C)CCO. The molecule has 0 aromatic heterocycles. The van der Waals surface area contributed by atoms with Crippen LogP contribution in [0.4, 0.5) is 0 Å². The molecular weight excluding hydrogens is 198 g/mol. The predicted octanol–water partition coefficient (Wildman–Crippen LogP) is 0.851. The average molecular weight is 221 g/mol. The average Bonchev–Trinajstić information content (AvgIpc) is 2.15. The van der Waals surface area contributed by atoms with Crippen LogP contribution in [0.3, 0.4) is 0 Å². The van der Waals surface area contributed by atoms with Crippen molar-refractivity contribution in [2.75, 3.05) is 25.5 Å². The fourth-order valence-corrected chi connectivity index (χ4v) is 2.35. The second-order valence-corrected chi connectivity index (χ2v) is 4.89. The summed E-state index contributed by atoms with van der Waals surface area (Å²) in [6.07, 6.45) is 1.66. The van der Waals surface area contributed by atoms with Crippen LogP contribution >= 0.6 is 11.8 Å². The lowest BCUT2D eigenvalue weighted by atomic mass is 10.2. The van der Waals surface area contributed by atoms with Gasteiger partial charge in [0, 0.05) is 30.3 Å². The largest absolute Gasteiger partial charge is 0.396 e. The minimum Gasteiger partial charge on any atom is -0.396 e. The third-order valence-corrected chi connectivity index (χ3v) is 3.49. The van der Waals surface area contributed by atoms with Crippen LogP contribution in [0.2, 0.25) is 0 Å². The molecule has 3 N–H and O–H groups in total. The Morgan fingerprint density at radius 2 is 1.86 bits per heavy atom. The molecule has 0 aliphatic heterocycles. The van der Waals surface area contributed by atoms with Crippen molar-refractivity contribution in [1.82, 2.24) is 5.32 Å². The lowest BCUT2D eigenvalue weighted by Crippen LogP contribution is -2.32. The Hall–Kier alpha value is 0.230. The van der Waals surface area contributed by atoms with E-state index in [2.05, 4.69) is 19.2 Å². The van der Waals surface area contributed by atoms with Gasteiger partial charge in [-0.3, -0.25) is 0 Å². The molecule has 0 spiro atoms. The summed E-state index contributed by atoms with van der Waals surface area (Å²) in [5.41, 5.74) is 0. The van der Waals surface area contributed by atoms with E-state index in [1.165, 1.54) is 0 Å². The minimum atomic E-state index is 0.243. The van der Waals surface area contributed by atoms with Gasteiger partial charge in [0.25, 0.3) is 0 Å². The van der Waals surface area contributed by atoms with Crippen LogP contribution in [-0.4, -0.2) is 47.0 Å². The molecule has 0 heterocycles. The van der Waals surface area contributed by atoms with Gasteiger partial charge in [-0.25, -0.2) is 0 Å². The highest BCUT2D eigenvalue weighted by Crippen LogP contribution is 2.15. The van der Waals surface area contributed by atoms with Gasteiger partial charge in [0.05, 0.1) is 0 Å². The number of aliphatic hydroxyl groups is 2. The highest BCUT2D eigenvalue weighted by Gasteiger charge is 2.09. The smallest absolute Gasteiger partial charge is 0.0446 e. The summed E-state index contributed by atoms with van der Waals surface area (Å²) < 4.78 is 0. The van der Waals surface area contributed by atoms with Gasteiger partial charge in [-0.1, -0.05) is 13.8 Å². The summed E-state index contributed by atoms with van der Waals surface area (Å²) in [5, 5.41) is 21.4. The lowest BCUT2D eigenvalue weighted by Gasteiger charge is -2.18. The summed E-state index contributed by atoms with van der Waals surface area (Å²) in [5.74, 6) is 1.01. The molecule has 0 saturated carbocycles. The Bertz CT molecular complexity index is 119. The number of aliphatic hydroxyl groups excluding tert-OH is 2. The van der Waals surface area contributed by atoms with Crippen LogP contribution in [0.5, 0.6) is 0 Å². The molecule has 0 aromatic carbocycles. The summed E-state index contributed by atoms with van der Waals surface area (Å²) in [7, 11) is 0. The van der Waals surface area contributed by atoms with Gasteiger partial charge in [0.15, 0.2) is 0 Å². The zero-order valence-electron chi connectivity index (χ0n) is 9.20. The maximum Gasteiger partial charge on any atom is 0.0446 e. The summed E-state index contributed by atoms with van der Waals surface area (Å²) in [6.45, 7) is 5.65. The van der Waals surface area contributed by atoms with Gasteiger partial charge in [-0.15, -0.1) is 0 Å². The molecule has 0 amide bonds. The quantitative estimate of drug-likeness (QED) is 0.540. The fourth-order valence-electron chi connectivity index (χ4n) is 1.23. The first-order valence-electron chi connectivity index (χ1n) is 5.31. The van der Waals surface area contributed by atoms with Gasteiger partial charge in [-0.05, 0) is 19.4 Å². The van der Waals surface area contributed by atoms with Crippen molar-refractivity contribution in [1.29, 1.82) is 0 Å². The van der Waals surface area contributed by atoms with E-state index in [0.717, 1.165) is 25.1 Å². The Labute approximate surface area is 91.3 Å². The first-order valence-corrected chi connectivity index (χ1v) is 6.36. The molecule has 0 radical (unpaired) electrons. The van der Waals surface area contributed by atoms with E-state index in [4.69, 9.17) is 10.2 Å². The molecule has 14 heavy (non-hydrogen) atoms. The van der Waals surface area contributed by atoms with Crippen LogP contribution in [0.15, 0.2) is 0 Å². The normalized spacial score (nSPS) is 15.4. The minimum absolute atomic E-state index is 0.243. The molecule has 2 atom stereocenters. The molecule has 86 valence electrons. The molecule has 4 heteroatoms.